The maximum Gasteiger partial charge on any atom is 0.203 e. The van der Waals surface area contributed by atoms with Gasteiger partial charge in [-0.15, -0.1) is 0 Å². The summed E-state index contributed by atoms with van der Waals surface area (Å²) in [5.41, 5.74) is 5.65. The molecule has 2 aliphatic rings. The molecule has 0 aliphatic carbocycles. The van der Waals surface area contributed by atoms with E-state index in [1.807, 2.05) is 12.1 Å². The van der Waals surface area contributed by atoms with Crippen molar-refractivity contribution in [3.8, 4) is 17.2 Å². The smallest absolute Gasteiger partial charge is 0.203 e. The number of piperidine rings is 1. The van der Waals surface area contributed by atoms with Crippen molar-refractivity contribution in [2.75, 3.05) is 41.5 Å². The highest BCUT2D eigenvalue weighted by Gasteiger charge is 2.36. The van der Waals surface area contributed by atoms with Crippen LogP contribution in [0.1, 0.15) is 18.0 Å². The summed E-state index contributed by atoms with van der Waals surface area (Å²) in [5.74, 6) is 2.36. The Kier molecular flexibility index (Phi) is 4.11. The molecule has 1 N–H and O–H groups in total. The number of fused-ring (bicyclic) bond motifs is 1. The lowest BCUT2D eigenvalue weighted by Crippen LogP contribution is -2.39. The number of benzene rings is 1. The first-order valence-electron chi connectivity index (χ1n) is 7.48. The highest BCUT2D eigenvalue weighted by molar-refractivity contribution is 5.90. The van der Waals surface area contributed by atoms with Gasteiger partial charge in [-0.2, -0.15) is 5.10 Å². The molecule has 6 nitrogen and oxygen atoms in total. The molecule has 22 heavy (non-hydrogen) atoms. The van der Waals surface area contributed by atoms with Crippen LogP contribution in [0, 0.1) is 5.92 Å². The van der Waals surface area contributed by atoms with Gasteiger partial charge in [-0.3, -0.25) is 0 Å². The van der Waals surface area contributed by atoms with E-state index < -0.39 is 0 Å². The van der Waals surface area contributed by atoms with Crippen LogP contribution in [-0.4, -0.2) is 52.1 Å². The van der Waals surface area contributed by atoms with Crippen LogP contribution in [0.4, 0.5) is 0 Å². The lowest BCUT2D eigenvalue weighted by Gasteiger charge is -2.31. The molecule has 2 atom stereocenters. The van der Waals surface area contributed by atoms with Gasteiger partial charge >= 0.3 is 0 Å². The van der Waals surface area contributed by atoms with Gasteiger partial charge in [0, 0.05) is 31.1 Å². The molecule has 0 spiro atoms. The standard InChI is InChI=1S/C16H23N3O3/c1-19-6-5-12-11(9-19)15(18-17-12)10-7-13(20-2)16(22-4)14(8-10)21-3/h7-8,11,15,18H,5-6,9H2,1-4H3. The van der Waals surface area contributed by atoms with Gasteiger partial charge in [-0.05, 0) is 24.7 Å². The summed E-state index contributed by atoms with van der Waals surface area (Å²) in [6.07, 6.45) is 1.02. The monoisotopic (exact) mass is 305 g/mol. The highest BCUT2D eigenvalue weighted by Crippen LogP contribution is 2.42. The van der Waals surface area contributed by atoms with E-state index in [9.17, 15) is 0 Å². The van der Waals surface area contributed by atoms with E-state index >= 15 is 0 Å². The van der Waals surface area contributed by atoms with E-state index in [4.69, 9.17) is 14.2 Å². The Morgan fingerprint density at radius 3 is 2.41 bits per heavy atom. The summed E-state index contributed by atoms with van der Waals surface area (Å²) in [6, 6.07) is 4.16. The number of nitrogens with one attached hydrogen (secondary N) is 1. The Morgan fingerprint density at radius 2 is 1.82 bits per heavy atom. The summed E-state index contributed by atoms with van der Waals surface area (Å²) in [6.45, 7) is 2.08. The molecule has 0 radical (unpaired) electrons. The lowest BCUT2D eigenvalue weighted by atomic mass is 9.86. The first-order chi connectivity index (χ1) is 10.7. The largest absolute Gasteiger partial charge is 0.493 e. The molecular formula is C16H23N3O3. The van der Waals surface area contributed by atoms with E-state index in [-0.39, 0.29) is 6.04 Å². The van der Waals surface area contributed by atoms with Crippen LogP contribution >= 0.6 is 0 Å². The third-order valence-corrected chi connectivity index (χ3v) is 4.48. The normalized spacial score (nSPS) is 24.3. The molecule has 0 aromatic heterocycles. The fourth-order valence-electron chi connectivity index (χ4n) is 3.29. The van der Waals surface area contributed by atoms with Crippen molar-refractivity contribution in [3.05, 3.63) is 17.7 Å². The van der Waals surface area contributed by atoms with Crippen molar-refractivity contribution in [1.82, 2.24) is 10.3 Å². The number of nitrogens with zero attached hydrogens (tertiary/aromatic N) is 2. The first-order valence-corrected chi connectivity index (χ1v) is 7.48. The molecule has 120 valence electrons. The summed E-state index contributed by atoms with van der Waals surface area (Å²) < 4.78 is 16.3. The predicted octanol–water partition coefficient (Wildman–Crippen LogP) is 1.66. The first kappa shape index (κ1) is 15.0. The molecule has 1 aromatic carbocycles. The Balaban J connectivity index is 1.95. The zero-order valence-corrected chi connectivity index (χ0v) is 13.5. The topological polar surface area (TPSA) is 55.3 Å². The zero-order valence-electron chi connectivity index (χ0n) is 13.5. The van der Waals surface area contributed by atoms with Crippen molar-refractivity contribution in [2.45, 2.75) is 12.5 Å². The second kappa shape index (κ2) is 6.04. The van der Waals surface area contributed by atoms with E-state index in [0.29, 0.717) is 23.2 Å². The molecule has 2 heterocycles. The minimum Gasteiger partial charge on any atom is -0.493 e. The lowest BCUT2D eigenvalue weighted by molar-refractivity contribution is 0.271. The number of rotatable bonds is 4. The molecule has 0 saturated carbocycles. The van der Waals surface area contributed by atoms with E-state index in [2.05, 4.69) is 22.5 Å². The molecule has 2 unspecified atom stereocenters. The zero-order chi connectivity index (χ0) is 15.7. The minimum absolute atomic E-state index is 0.145. The Morgan fingerprint density at radius 1 is 1.14 bits per heavy atom. The van der Waals surface area contributed by atoms with Crippen LogP contribution in [0.25, 0.3) is 0 Å². The van der Waals surface area contributed by atoms with Crippen molar-refractivity contribution >= 4 is 5.71 Å². The van der Waals surface area contributed by atoms with Gasteiger partial charge in [0.2, 0.25) is 5.75 Å². The number of hydrogen-bond donors (Lipinski definition) is 1. The third-order valence-electron chi connectivity index (χ3n) is 4.48. The van der Waals surface area contributed by atoms with Gasteiger partial charge in [-0.25, -0.2) is 0 Å². The van der Waals surface area contributed by atoms with Crippen molar-refractivity contribution in [1.29, 1.82) is 0 Å². The fraction of sp³-hybridized carbons (Fsp3) is 0.562. The van der Waals surface area contributed by atoms with Crippen LogP contribution in [0.5, 0.6) is 17.2 Å². The van der Waals surface area contributed by atoms with Crippen LogP contribution in [0.15, 0.2) is 17.2 Å². The average molecular weight is 305 g/mol. The molecule has 0 amide bonds. The number of hydrogen-bond acceptors (Lipinski definition) is 6. The number of ether oxygens (including phenoxy) is 3. The SMILES string of the molecule is COc1cc(C2NN=C3CCN(C)CC32)cc(OC)c1OC. The summed E-state index contributed by atoms with van der Waals surface area (Å²) >= 11 is 0. The van der Waals surface area contributed by atoms with Crippen LogP contribution in [-0.2, 0) is 0 Å². The molecule has 3 rings (SSSR count). The van der Waals surface area contributed by atoms with Gasteiger partial charge in [0.05, 0.1) is 27.4 Å². The second-order valence-electron chi connectivity index (χ2n) is 5.79. The molecule has 1 fully saturated rings. The molecular weight excluding hydrogens is 282 g/mol. The van der Waals surface area contributed by atoms with Gasteiger partial charge in [0.15, 0.2) is 11.5 Å². The number of methoxy groups -OCH3 is 3. The van der Waals surface area contributed by atoms with E-state index in [0.717, 1.165) is 25.1 Å². The van der Waals surface area contributed by atoms with Crippen molar-refractivity contribution < 1.29 is 14.2 Å². The molecule has 0 bridgehead atoms. The van der Waals surface area contributed by atoms with E-state index in [1.165, 1.54) is 5.71 Å². The fourth-order valence-corrected chi connectivity index (χ4v) is 3.29. The maximum absolute atomic E-state index is 5.46. The quantitative estimate of drug-likeness (QED) is 0.917. The van der Waals surface area contributed by atoms with Gasteiger partial charge in [0.1, 0.15) is 0 Å². The Hall–Kier alpha value is -1.95. The summed E-state index contributed by atoms with van der Waals surface area (Å²) in [5, 5.41) is 4.53. The number of hydrazone groups is 1. The molecule has 1 aromatic rings. The molecule has 2 aliphatic heterocycles. The maximum atomic E-state index is 5.46. The van der Waals surface area contributed by atoms with Crippen molar-refractivity contribution in [2.24, 2.45) is 11.0 Å². The minimum atomic E-state index is 0.145. The summed E-state index contributed by atoms with van der Waals surface area (Å²) in [7, 11) is 7.05. The van der Waals surface area contributed by atoms with Gasteiger partial charge in [0.25, 0.3) is 0 Å². The third kappa shape index (κ3) is 2.47. The highest BCUT2D eigenvalue weighted by atomic mass is 16.5. The van der Waals surface area contributed by atoms with Gasteiger partial charge < -0.3 is 24.5 Å². The van der Waals surface area contributed by atoms with Crippen LogP contribution in [0.2, 0.25) is 0 Å². The Labute approximate surface area is 131 Å². The molecule has 1 saturated heterocycles. The summed E-state index contributed by atoms with van der Waals surface area (Å²) in [4.78, 5) is 2.35. The van der Waals surface area contributed by atoms with E-state index in [1.54, 1.807) is 21.3 Å². The predicted molar refractivity (Wildman–Crippen MR) is 85.0 cm³/mol. The van der Waals surface area contributed by atoms with Crippen molar-refractivity contribution in [3.63, 3.8) is 0 Å². The van der Waals surface area contributed by atoms with Crippen LogP contribution in [0.3, 0.4) is 0 Å². The van der Waals surface area contributed by atoms with Gasteiger partial charge in [-0.1, -0.05) is 0 Å². The second-order valence-corrected chi connectivity index (χ2v) is 5.79. The number of likely N-dealkylation sites (tertiary alicyclic amines) is 1. The molecule has 6 heteroatoms. The Bertz CT molecular complexity index is 563. The average Bonchev–Trinajstić information content (AvgIpc) is 2.96. The van der Waals surface area contributed by atoms with Crippen LogP contribution < -0.4 is 19.6 Å².